The Kier molecular flexibility index (Phi) is 3.96. The van der Waals surface area contributed by atoms with Crippen molar-refractivity contribution in [2.24, 2.45) is 0 Å². The Morgan fingerprint density at radius 2 is 1.93 bits per heavy atom. The first-order chi connectivity index (χ1) is 14.4. The lowest BCUT2D eigenvalue weighted by Gasteiger charge is -2.11. The van der Waals surface area contributed by atoms with Crippen LogP contribution in [-0.4, -0.2) is 25.8 Å². The Hall–Kier alpha value is -3.93. The number of hydrogen-bond donors (Lipinski definition) is 2. The predicted octanol–water partition coefficient (Wildman–Crippen LogP) is 5.63. The zero-order valence-corrected chi connectivity index (χ0v) is 16.4. The van der Waals surface area contributed by atoms with Crippen LogP contribution in [0, 0.1) is 19.7 Å². The molecule has 5 rings (SSSR count). The minimum absolute atomic E-state index is 0.249. The van der Waals surface area contributed by atoms with Crippen molar-refractivity contribution in [1.29, 1.82) is 0 Å². The topological polar surface area (TPSA) is 70.9 Å². The molecule has 0 aliphatic heterocycles. The summed E-state index contributed by atoms with van der Waals surface area (Å²) in [5.41, 5.74) is 6.55. The molecular weight excluding hydrogens is 381 g/mol. The van der Waals surface area contributed by atoms with E-state index in [0.29, 0.717) is 0 Å². The lowest BCUT2D eigenvalue weighted by Crippen LogP contribution is -1.99. The molecule has 0 amide bonds. The fourth-order valence-corrected chi connectivity index (χ4v) is 4.22. The van der Waals surface area contributed by atoms with Gasteiger partial charge < -0.3 is 9.67 Å². The van der Waals surface area contributed by atoms with Crippen molar-refractivity contribution in [3.63, 3.8) is 0 Å². The second-order valence-electron chi connectivity index (χ2n) is 7.44. The van der Waals surface area contributed by atoms with E-state index in [4.69, 9.17) is 0 Å². The Labute approximate surface area is 171 Å². The van der Waals surface area contributed by atoms with Crippen LogP contribution in [0.15, 0.2) is 60.8 Å². The number of aryl methyl sites for hydroxylation is 1. The van der Waals surface area contributed by atoms with E-state index in [0.717, 1.165) is 49.9 Å². The summed E-state index contributed by atoms with van der Waals surface area (Å²) in [6.07, 6.45) is 1.76. The predicted molar refractivity (Wildman–Crippen MR) is 115 cm³/mol. The summed E-state index contributed by atoms with van der Waals surface area (Å²) in [7, 11) is 0. The maximum Gasteiger partial charge on any atom is 0.335 e. The minimum atomic E-state index is -0.956. The number of benzene rings is 3. The first-order valence-corrected chi connectivity index (χ1v) is 9.52. The fraction of sp³-hybridized carbons (Fsp3) is 0.0833. The highest BCUT2D eigenvalue weighted by atomic mass is 19.1. The number of nitrogens with one attached hydrogen (secondary N) is 1. The van der Waals surface area contributed by atoms with Gasteiger partial charge in [-0.15, -0.1) is 0 Å². The number of aromatic amines is 1. The maximum absolute atomic E-state index is 14.0. The molecule has 148 valence electrons. The second-order valence-corrected chi connectivity index (χ2v) is 7.44. The molecule has 3 aromatic carbocycles. The third-order valence-corrected chi connectivity index (χ3v) is 5.57. The van der Waals surface area contributed by atoms with E-state index in [1.54, 1.807) is 24.4 Å². The molecule has 0 aliphatic carbocycles. The molecular formula is C24H18FN3O2. The van der Waals surface area contributed by atoms with Crippen LogP contribution >= 0.6 is 0 Å². The molecule has 0 fully saturated rings. The highest BCUT2D eigenvalue weighted by Crippen LogP contribution is 2.39. The molecule has 0 saturated heterocycles. The van der Waals surface area contributed by atoms with Gasteiger partial charge >= 0.3 is 5.97 Å². The Bertz CT molecular complexity index is 1460. The van der Waals surface area contributed by atoms with Gasteiger partial charge in [-0.3, -0.25) is 5.10 Å². The van der Waals surface area contributed by atoms with E-state index in [-0.39, 0.29) is 11.4 Å². The van der Waals surface area contributed by atoms with E-state index in [2.05, 4.69) is 10.2 Å². The molecule has 5 aromatic rings. The van der Waals surface area contributed by atoms with Crippen molar-refractivity contribution in [3.8, 4) is 16.8 Å². The van der Waals surface area contributed by atoms with Crippen LogP contribution in [0.1, 0.15) is 21.6 Å². The molecule has 0 saturated carbocycles. The number of carbonyl (C=O) groups is 1. The van der Waals surface area contributed by atoms with Crippen LogP contribution in [0.4, 0.5) is 4.39 Å². The van der Waals surface area contributed by atoms with Crippen LogP contribution in [0.25, 0.3) is 38.6 Å². The van der Waals surface area contributed by atoms with Crippen molar-refractivity contribution in [2.45, 2.75) is 13.8 Å². The standard InChI is InChI=1S/C24H18FN3O2/c1-13-8-15(24(29)30)6-7-19(13)23-14(2)28(18-5-3-4-17(25)10-18)22-9-16-12-26-27-21(16)11-20(22)23/h3-12H,1-2H3,(H,26,27)(H,29,30). The monoisotopic (exact) mass is 399 g/mol. The Balaban J connectivity index is 1.88. The van der Waals surface area contributed by atoms with Gasteiger partial charge in [0.25, 0.3) is 0 Å². The van der Waals surface area contributed by atoms with E-state index in [1.165, 1.54) is 12.1 Å². The van der Waals surface area contributed by atoms with Gasteiger partial charge in [0.2, 0.25) is 0 Å². The van der Waals surface area contributed by atoms with Crippen molar-refractivity contribution >= 4 is 27.8 Å². The second kappa shape index (κ2) is 6.56. The number of rotatable bonds is 3. The van der Waals surface area contributed by atoms with Gasteiger partial charge in [0, 0.05) is 27.7 Å². The summed E-state index contributed by atoms with van der Waals surface area (Å²) in [6.45, 7) is 3.90. The number of hydrogen-bond acceptors (Lipinski definition) is 2. The van der Waals surface area contributed by atoms with Gasteiger partial charge in [0.1, 0.15) is 5.82 Å². The molecule has 2 heterocycles. The summed E-state index contributed by atoms with van der Waals surface area (Å²) >= 11 is 0. The molecule has 0 atom stereocenters. The number of aromatic carboxylic acids is 1. The van der Waals surface area contributed by atoms with E-state index >= 15 is 0 Å². The van der Waals surface area contributed by atoms with Crippen LogP contribution in [-0.2, 0) is 0 Å². The van der Waals surface area contributed by atoms with Crippen molar-refractivity contribution in [2.75, 3.05) is 0 Å². The van der Waals surface area contributed by atoms with E-state index in [9.17, 15) is 14.3 Å². The lowest BCUT2D eigenvalue weighted by atomic mass is 9.96. The number of carboxylic acid groups (broad SMARTS) is 1. The lowest BCUT2D eigenvalue weighted by molar-refractivity contribution is 0.0697. The molecule has 0 bridgehead atoms. The van der Waals surface area contributed by atoms with Crippen LogP contribution in [0.5, 0.6) is 0 Å². The number of H-pyrrole nitrogens is 1. The first kappa shape index (κ1) is 18.1. The van der Waals surface area contributed by atoms with Crippen molar-refractivity contribution in [3.05, 3.63) is 83.4 Å². The van der Waals surface area contributed by atoms with E-state index in [1.807, 2.05) is 42.7 Å². The fourth-order valence-electron chi connectivity index (χ4n) is 4.22. The van der Waals surface area contributed by atoms with Crippen LogP contribution < -0.4 is 0 Å². The summed E-state index contributed by atoms with van der Waals surface area (Å²) in [4.78, 5) is 11.4. The van der Waals surface area contributed by atoms with Crippen molar-refractivity contribution < 1.29 is 14.3 Å². The molecule has 0 unspecified atom stereocenters. The SMILES string of the molecule is Cc1cc(C(=O)O)ccc1-c1c(C)n(-c2cccc(F)c2)c2cc3cn[nH]c3cc12. The number of carboxylic acids is 1. The summed E-state index contributed by atoms with van der Waals surface area (Å²) < 4.78 is 16.1. The molecule has 5 nitrogen and oxygen atoms in total. The van der Waals surface area contributed by atoms with Gasteiger partial charge in [0.05, 0.1) is 22.8 Å². The molecule has 2 N–H and O–H groups in total. The molecule has 2 aromatic heterocycles. The normalized spacial score (nSPS) is 11.4. The highest BCUT2D eigenvalue weighted by molar-refractivity contribution is 6.06. The average Bonchev–Trinajstić information content (AvgIpc) is 3.27. The zero-order chi connectivity index (χ0) is 21.0. The third-order valence-electron chi connectivity index (χ3n) is 5.57. The quantitative estimate of drug-likeness (QED) is 0.413. The van der Waals surface area contributed by atoms with Gasteiger partial charge in [-0.1, -0.05) is 12.1 Å². The van der Waals surface area contributed by atoms with Gasteiger partial charge in [0.15, 0.2) is 0 Å². The van der Waals surface area contributed by atoms with Gasteiger partial charge in [-0.2, -0.15) is 5.10 Å². The maximum atomic E-state index is 14.0. The molecule has 0 radical (unpaired) electrons. The van der Waals surface area contributed by atoms with Crippen LogP contribution in [0.3, 0.4) is 0 Å². The number of nitrogens with zero attached hydrogens (tertiary/aromatic N) is 2. The highest BCUT2D eigenvalue weighted by Gasteiger charge is 2.20. The number of aromatic nitrogens is 3. The molecule has 30 heavy (non-hydrogen) atoms. The molecule has 0 aliphatic rings. The van der Waals surface area contributed by atoms with Gasteiger partial charge in [-0.05, 0) is 67.4 Å². The zero-order valence-electron chi connectivity index (χ0n) is 16.4. The van der Waals surface area contributed by atoms with Crippen molar-refractivity contribution in [1.82, 2.24) is 14.8 Å². The molecule has 6 heteroatoms. The van der Waals surface area contributed by atoms with E-state index < -0.39 is 5.97 Å². The van der Waals surface area contributed by atoms with Crippen LogP contribution in [0.2, 0.25) is 0 Å². The Morgan fingerprint density at radius 1 is 1.10 bits per heavy atom. The summed E-state index contributed by atoms with van der Waals surface area (Å²) in [5.74, 6) is -1.26. The number of halogens is 1. The summed E-state index contributed by atoms with van der Waals surface area (Å²) in [5, 5.41) is 18.4. The summed E-state index contributed by atoms with van der Waals surface area (Å²) in [6, 6.07) is 15.7. The smallest absolute Gasteiger partial charge is 0.335 e. The van der Waals surface area contributed by atoms with Gasteiger partial charge in [-0.25, -0.2) is 9.18 Å². The largest absolute Gasteiger partial charge is 0.478 e. The minimum Gasteiger partial charge on any atom is -0.478 e. The first-order valence-electron chi connectivity index (χ1n) is 9.52. The Morgan fingerprint density at radius 3 is 2.67 bits per heavy atom. The third kappa shape index (κ3) is 2.69. The average molecular weight is 399 g/mol. The molecule has 0 spiro atoms. The number of fused-ring (bicyclic) bond motifs is 2.